The Morgan fingerprint density at radius 2 is 1.70 bits per heavy atom. The molecule has 2 bridgehead atoms. The number of aromatic nitrogens is 4. The van der Waals surface area contributed by atoms with Crippen LogP contribution in [0.15, 0.2) is 48.8 Å². The zero-order chi connectivity index (χ0) is 35.3. The molecule has 50 heavy (non-hydrogen) atoms. The van der Waals surface area contributed by atoms with Crippen LogP contribution in [0.1, 0.15) is 57.5 Å². The molecule has 14 heteroatoms. The van der Waals surface area contributed by atoms with Gasteiger partial charge in [-0.05, 0) is 57.6 Å². The monoisotopic (exact) mass is 692 g/mol. The number of nitrogens with zero attached hydrogens (tertiary/aromatic N) is 6. The second-order valence-electron chi connectivity index (χ2n) is 14.2. The van der Waals surface area contributed by atoms with Crippen molar-refractivity contribution in [1.29, 1.82) is 0 Å². The SMILES string of the molecule is COC(=O)C1[C@@H]2CCC[C@H]1CN(c1ncc(-c3cc4c(cc3F)nc3n4[C@H](c4ccccc4OC(F)F)CN(C(=O)OC(C)(C)C)C3)cn1)C2. The van der Waals surface area contributed by atoms with Gasteiger partial charge in [-0.2, -0.15) is 8.78 Å². The molecule has 0 spiro atoms. The topological polar surface area (TPSA) is 112 Å². The predicted octanol–water partition coefficient (Wildman–Crippen LogP) is 6.60. The highest BCUT2D eigenvalue weighted by molar-refractivity contribution is 5.84. The quantitative estimate of drug-likeness (QED) is 0.207. The third kappa shape index (κ3) is 6.42. The number of carbonyl (C=O) groups excluding carboxylic acids is 2. The summed E-state index contributed by atoms with van der Waals surface area (Å²) in [5, 5.41) is 0. The summed E-state index contributed by atoms with van der Waals surface area (Å²) in [6.07, 6.45) is 5.50. The van der Waals surface area contributed by atoms with Crippen molar-refractivity contribution < 1.29 is 37.0 Å². The van der Waals surface area contributed by atoms with Gasteiger partial charge in [-0.15, -0.1) is 0 Å². The summed E-state index contributed by atoms with van der Waals surface area (Å²) in [7, 11) is 1.43. The Morgan fingerprint density at radius 1 is 1.00 bits per heavy atom. The van der Waals surface area contributed by atoms with Gasteiger partial charge < -0.3 is 23.7 Å². The fraction of sp³-hybridized carbons (Fsp3) is 0.472. The molecule has 2 aromatic carbocycles. The van der Waals surface area contributed by atoms with Crippen molar-refractivity contribution in [1.82, 2.24) is 24.4 Å². The summed E-state index contributed by atoms with van der Waals surface area (Å²) < 4.78 is 60.3. The molecule has 4 heterocycles. The molecule has 4 atom stereocenters. The predicted molar refractivity (Wildman–Crippen MR) is 177 cm³/mol. The van der Waals surface area contributed by atoms with E-state index in [0.29, 0.717) is 47.0 Å². The Labute approximate surface area is 287 Å². The van der Waals surface area contributed by atoms with E-state index in [1.54, 1.807) is 57.4 Å². The lowest BCUT2D eigenvalue weighted by molar-refractivity contribution is -0.152. The van der Waals surface area contributed by atoms with Crippen molar-refractivity contribution >= 4 is 29.0 Å². The van der Waals surface area contributed by atoms with Crippen molar-refractivity contribution in [2.45, 2.75) is 64.8 Å². The van der Waals surface area contributed by atoms with Crippen LogP contribution in [0.3, 0.4) is 0 Å². The van der Waals surface area contributed by atoms with E-state index in [4.69, 9.17) is 14.2 Å². The van der Waals surface area contributed by atoms with Crippen LogP contribution in [0.4, 0.5) is 23.9 Å². The maximum absolute atomic E-state index is 15.8. The maximum atomic E-state index is 15.8. The molecule has 1 saturated carbocycles. The summed E-state index contributed by atoms with van der Waals surface area (Å²) >= 11 is 0. The summed E-state index contributed by atoms with van der Waals surface area (Å²) in [5.74, 6) is 0.377. The van der Waals surface area contributed by atoms with Crippen LogP contribution in [-0.4, -0.2) is 75.4 Å². The second-order valence-corrected chi connectivity index (χ2v) is 14.2. The number of para-hydroxylation sites is 1. The first-order chi connectivity index (χ1) is 23.9. The third-order valence-electron chi connectivity index (χ3n) is 9.82. The minimum absolute atomic E-state index is 0.0441. The summed E-state index contributed by atoms with van der Waals surface area (Å²) in [4.78, 5) is 43.2. The molecule has 11 nitrogen and oxygen atoms in total. The van der Waals surface area contributed by atoms with Gasteiger partial charge in [0, 0.05) is 54.8 Å². The number of hydrogen-bond acceptors (Lipinski definition) is 9. The Kier molecular flexibility index (Phi) is 8.81. The average Bonchev–Trinajstić information content (AvgIpc) is 3.43. The number of alkyl halides is 2. The minimum atomic E-state index is -3.07. The molecule has 1 unspecified atom stereocenters. The van der Waals surface area contributed by atoms with E-state index in [2.05, 4.69) is 19.9 Å². The Balaban J connectivity index is 1.24. The number of piperidine rings is 1. The van der Waals surface area contributed by atoms with Gasteiger partial charge in [0.05, 0.1) is 36.6 Å². The van der Waals surface area contributed by atoms with E-state index in [1.165, 1.54) is 24.1 Å². The normalized spacial score (nSPS) is 22.0. The lowest BCUT2D eigenvalue weighted by Gasteiger charge is -2.45. The Bertz CT molecular complexity index is 1900. The number of fused-ring (bicyclic) bond motifs is 5. The molecule has 0 radical (unpaired) electrons. The van der Waals surface area contributed by atoms with Crippen LogP contribution in [0.2, 0.25) is 0 Å². The van der Waals surface area contributed by atoms with Crippen LogP contribution >= 0.6 is 0 Å². The number of anilines is 1. The van der Waals surface area contributed by atoms with Crippen molar-refractivity contribution in [3.8, 4) is 16.9 Å². The molecule has 1 aliphatic carbocycles. The number of amides is 1. The molecule has 7 rings (SSSR count). The molecule has 0 N–H and O–H groups in total. The lowest BCUT2D eigenvalue weighted by atomic mass is 9.69. The van der Waals surface area contributed by atoms with Crippen LogP contribution in [0.5, 0.6) is 5.75 Å². The largest absolute Gasteiger partial charge is 0.469 e. The van der Waals surface area contributed by atoms with Crippen LogP contribution in [0.25, 0.3) is 22.2 Å². The molecular weight excluding hydrogens is 653 g/mol. The molecule has 2 fully saturated rings. The number of methoxy groups -OCH3 is 1. The molecular formula is C36H39F3N6O5. The molecule has 1 amide bonds. The van der Waals surface area contributed by atoms with Crippen LogP contribution in [-0.2, 0) is 20.8 Å². The van der Waals surface area contributed by atoms with Crippen molar-refractivity contribution in [2.24, 2.45) is 17.8 Å². The van der Waals surface area contributed by atoms with E-state index in [0.717, 1.165) is 19.3 Å². The lowest BCUT2D eigenvalue weighted by Crippen LogP contribution is -2.52. The Morgan fingerprint density at radius 3 is 2.36 bits per heavy atom. The number of carbonyl (C=O) groups is 2. The number of benzene rings is 2. The van der Waals surface area contributed by atoms with Gasteiger partial charge in [-0.25, -0.2) is 24.1 Å². The number of halogens is 3. The van der Waals surface area contributed by atoms with E-state index in [1.807, 2.05) is 4.57 Å². The van der Waals surface area contributed by atoms with E-state index in [-0.39, 0.29) is 48.1 Å². The first-order valence-electron chi connectivity index (χ1n) is 16.8. The number of ether oxygens (including phenoxy) is 3. The smallest absolute Gasteiger partial charge is 0.410 e. The second kappa shape index (κ2) is 13.1. The molecule has 264 valence electrons. The molecule has 3 aliphatic rings. The fourth-order valence-corrected chi connectivity index (χ4v) is 7.78. The van der Waals surface area contributed by atoms with E-state index in [9.17, 15) is 18.4 Å². The standard InChI is InChI=1S/C36H39F3N6O5/c1-36(2,3)50-35(47)44-18-28(23-10-5-6-11-29(23)49-33(38)39)45-27-12-24(25(37)13-26(27)42-30(45)19-44)22-14-40-34(41-15-22)43-16-20-8-7-9-21(17-43)31(20)32(46)48-4/h5-6,10-15,20-21,28,31,33H,7-9,16-19H2,1-4H3/t20-,21+,28-,31?/m0/s1. The summed E-state index contributed by atoms with van der Waals surface area (Å²) in [6.45, 7) is 3.59. The van der Waals surface area contributed by atoms with Gasteiger partial charge >= 0.3 is 18.7 Å². The zero-order valence-corrected chi connectivity index (χ0v) is 28.3. The van der Waals surface area contributed by atoms with Gasteiger partial charge in [0.15, 0.2) is 0 Å². The highest BCUT2D eigenvalue weighted by atomic mass is 19.3. The van der Waals surface area contributed by atoms with Crippen LogP contribution < -0.4 is 9.64 Å². The number of hydrogen-bond donors (Lipinski definition) is 0. The van der Waals surface area contributed by atoms with Gasteiger partial charge in [0.1, 0.15) is 23.0 Å². The van der Waals surface area contributed by atoms with E-state index < -0.39 is 30.2 Å². The summed E-state index contributed by atoms with van der Waals surface area (Å²) in [5.41, 5.74) is 1.19. The molecule has 2 aromatic heterocycles. The van der Waals surface area contributed by atoms with Gasteiger partial charge in [0.25, 0.3) is 0 Å². The number of imidazole rings is 1. The zero-order valence-electron chi connectivity index (χ0n) is 28.3. The molecule has 1 saturated heterocycles. The van der Waals surface area contributed by atoms with Gasteiger partial charge in [-0.1, -0.05) is 24.6 Å². The van der Waals surface area contributed by atoms with Gasteiger partial charge in [0.2, 0.25) is 5.95 Å². The van der Waals surface area contributed by atoms with Crippen molar-refractivity contribution in [3.63, 3.8) is 0 Å². The fourth-order valence-electron chi connectivity index (χ4n) is 7.78. The van der Waals surface area contributed by atoms with E-state index >= 15 is 4.39 Å². The number of rotatable bonds is 6. The first-order valence-corrected chi connectivity index (χ1v) is 16.8. The van der Waals surface area contributed by atoms with Gasteiger partial charge in [-0.3, -0.25) is 9.69 Å². The summed E-state index contributed by atoms with van der Waals surface area (Å²) in [6, 6.07) is 8.66. The van der Waals surface area contributed by atoms with Crippen LogP contribution in [0, 0.1) is 23.6 Å². The van der Waals surface area contributed by atoms with Crippen molar-refractivity contribution in [2.75, 3.05) is 31.6 Å². The Hall–Kier alpha value is -4.88. The first kappa shape index (κ1) is 33.6. The molecule has 4 aromatic rings. The highest BCUT2D eigenvalue weighted by Gasteiger charge is 2.44. The third-order valence-corrected chi connectivity index (χ3v) is 9.82. The minimum Gasteiger partial charge on any atom is -0.469 e. The highest BCUT2D eigenvalue weighted by Crippen LogP contribution is 2.42. The number of esters is 1. The maximum Gasteiger partial charge on any atom is 0.410 e. The average molecular weight is 693 g/mol. The van der Waals surface area contributed by atoms with Crippen molar-refractivity contribution in [3.05, 3.63) is 66.0 Å². The molecule has 2 aliphatic heterocycles.